The number of aromatic nitrogens is 2. The van der Waals surface area contributed by atoms with Crippen LogP contribution in [0.2, 0.25) is 0 Å². The summed E-state index contributed by atoms with van der Waals surface area (Å²) in [5, 5.41) is 12.9. The number of aliphatic hydroxyl groups excluding tert-OH is 1. The molecule has 1 fully saturated rings. The largest absolute Gasteiger partial charge is 1.00 e. The summed E-state index contributed by atoms with van der Waals surface area (Å²) in [7, 11) is 0. The maximum Gasteiger partial charge on any atom is 1.00 e. The molecule has 158 valence electrons. The molecule has 2 aromatic rings. The number of allylic oxidation sites excluding steroid dienone is 2. The molecule has 0 saturated heterocycles. The van der Waals surface area contributed by atoms with Crippen molar-refractivity contribution in [2.75, 3.05) is 5.32 Å². The number of alkyl halides is 2. The van der Waals surface area contributed by atoms with Crippen LogP contribution in [0.1, 0.15) is 39.2 Å². The van der Waals surface area contributed by atoms with E-state index in [1.807, 2.05) is 6.92 Å². The van der Waals surface area contributed by atoms with E-state index in [0.717, 1.165) is 0 Å². The monoisotopic (exact) mass is 418 g/mol. The van der Waals surface area contributed by atoms with E-state index in [1.165, 1.54) is 19.2 Å². The molecule has 2 heterocycles. The summed E-state index contributed by atoms with van der Waals surface area (Å²) in [6.45, 7) is 16.9. The Labute approximate surface area is 192 Å². The van der Waals surface area contributed by atoms with Gasteiger partial charge in [0.15, 0.2) is 0 Å². The number of fused-ring (bicyclic) bond motifs is 1. The van der Waals surface area contributed by atoms with Crippen LogP contribution in [-0.4, -0.2) is 33.0 Å². The zero-order valence-electron chi connectivity index (χ0n) is 18.0. The van der Waals surface area contributed by atoms with Crippen molar-refractivity contribution >= 4 is 28.2 Å². The predicted octanol–water partition coefficient (Wildman–Crippen LogP) is 1.51. The normalized spacial score (nSPS) is 20.5. The molecule has 0 unspecified atom stereocenters. The van der Waals surface area contributed by atoms with Crippen molar-refractivity contribution in [3.8, 4) is 0 Å². The van der Waals surface area contributed by atoms with Crippen molar-refractivity contribution in [2.45, 2.75) is 45.6 Å². The van der Waals surface area contributed by atoms with E-state index in [0.29, 0.717) is 39.6 Å². The minimum absolute atomic E-state index is 0. The van der Waals surface area contributed by atoms with Gasteiger partial charge in [0.05, 0.1) is 5.52 Å². The van der Waals surface area contributed by atoms with Gasteiger partial charge in [0.25, 0.3) is 5.92 Å². The van der Waals surface area contributed by atoms with E-state index in [4.69, 9.17) is 13.2 Å². The summed E-state index contributed by atoms with van der Waals surface area (Å²) < 4.78 is 26.8. The molecular weight excluding hydrogens is 395 g/mol. The topological polar surface area (TPSA) is 75.1 Å². The van der Waals surface area contributed by atoms with Gasteiger partial charge in [0, 0.05) is 30.2 Å². The molecule has 8 heteroatoms. The minimum Gasteiger partial charge on any atom is -0.392 e. The van der Waals surface area contributed by atoms with Crippen LogP contribution >= 0.6 is 0 Å². The zero-order valence-corrected chi connectivity index (χ0v) is 18.0. The fraction of sp³-hybridized carbons (Fsp3) is 0.348. The smallest absolute Gasteiger partial charge is 0.392 e. The van der Waals surface area contributed by atoms with Crippen molar-refractivity contribution in [3.05, 3.63) is 60.5 Å². The minimum atomic E-state index is -2.99. The quantitative estimate of drug-likeness (QED) is 0.406. The van der Waals surface area contributed by atoms with Crippen molar-refractivity contribution in [2.24, 2.45) is 5.41 Å². The Balaban J connectivity index is 0.00000341. The molecule has 0 aliphatic heterocycles. The Kier molecular flexibility index (Phi) is 7.27. The van der Waals surface area contributed by atoms with Crippen LogP contribution in [0, 0.1) is 18.6 Å². The van der Waals surface area contributed by atoms with Crippen LogP contribution in [0.4, 0.5) is 14.6 Å². The standard InChI is InChI=1S/C23H23F2N3O2.Li/c1-6-19(29)14(3)7-13(2)15(4)16-8-17-11-27-20(9-18(17)26-10-16)28-21(30)22(5)12-23(22,24)25;/h3-4,7-11,19,29H,6,12H2,1-2,5H3,(H,27,28,30);/q-2;+1/b13-7-;/t19-,22-;/m1./s1. The average Bonchev–Trinajstić information content (AvgIpc) is 3.24. The van der Waals surface area contributed by atoms with Crippen LogP contribution in [0.25, 0.3) is 16.5 Å². The second-order valence-electron chi connectivity index (χ2n) is 7.82. The number of halogens is 2. The van der Waals surface area contributed by atoms with Gasteiger partial charge in [-0.25, -0.2) is 37.1 Å². The van der Waals surface area contributed by atoms with Gasteiger partial charge < -0.3 is 10.4 Å². The van der Waals surface area contributed by atoms with Gasteiger partial charge in [-0.3, -0.25) is 22.4 Å². The van der Waals surface area contributed by atoms with E-state index in [9.17, 15) is 18.7 Å². The molecule has 0 spiro atoms. The van der Waals surface area contributed by atoms with E-state index < -0.39 is 29.8 Å². The van der Waals surface area contributed by atoms with E-state index in [2.05, 4.69) is 15.3 Å². The molecule has 3 rings (SSSR count). The Bertz CT molecular complexity index is 1080. The third-order valence-corrected chi connectivity index (χ3v) is 5.46. The molecule has 2 aromatic heterocycles. The fourth-order valence-electron chi connectivity index (χ4n) is 3.03. The molecule has 31 heavy (non-hydrogen) atoms. The maximum atomic E-state index is 13.4. The summed E-state index contributed by atoms with van der Waals surface area (Å²) in [5.74, 6) is -3.61. The number of hydrogen-bond donors (Lipinski definition) is 2. The molecule has 2 atom stereocenters. The molecule has 1 aliphatic rings. The van der Waals surface area contributed by atoms with Gasteiger partial charge in [-0.15, -0.1) is 12.5 Å². The van der Waals surface area contributed by atoms with Crippen LogP contribution < -0.4 is 24.2 Å². The average molecular weight is 418 g/mol. The van der Waals surface area contributed by atoms with Crippen molar-refractivity contribution in [1.82, 2.24) is 9.97 Å². The van der Waals surface area contributed by atoms with Gasteiger partial charge in [-0.2, -0.15) is 0 Å². The first kappa shape index (κ1) is 24.9. The van der Waals surface area contributed by atoms with Crippen molar-refractivity contribution in [1.29, 1.82) is 0 Å². The number of amides is 1. The summed E-state index contributed by atoms with van der Waals surface area (Å²) in [6.07, 6.45) is 3.96. The van der Waals surface area contributed by atoms with Crippen LogP contribution in [0.3, 0.4) is 0 Å². The summed E-state index contributed by atoms with van der Waals surface area (Å²) in [6, 6.07) is 3.29. The molecular formula is C23H23F2LiN3O2-. The Morgan fingerprint density at radius 2 is 1.97 bits per heavy atom. The number of carbonyl (C=O) groups is 1. The molecule has 1 amide bonds. The van der Waals surface area contributed by atoms with E-state index >= 15 is 0 Å². The summed E-state index contributed by atoms with van der Waals surface area (Å²) in [5.41, 5.74) is 0.910. The molecule has 5 nitrogen and oxygen atoms in total. The predicted molar refractivity (Wildman–Crippen MR) is 111 cm³/mol. The number of rotatable bonds is 7. The SMILES string of the molecule is [CH-]=C(/C(C)=C\C(=[CH-])[C@H](O)CC)c1cnc2cc(NC(=O)[C@@]3(C)CC3(F)F)ncc2c1.[Li+]. The Morgan fingerprint density at radius 1 is 1.32 bits per heavy atom. The number of pyridine rings is 2. The Morgan fingerprint density at radius 3 is 2.55 bits per heavy atom. The molecule has 0 aromatic carbocycles. The first-order chi connectivity index (χ1) is 14.0. The zero-order chi connectivity index (χ0) is 22.3. The van der Waals surface area contributed by atoms with Gasteiger partial charge in [-0.05, 0) is 19.5 Å². The fourth-order valence-corrected chi connectivity index (χ4v) is 3.03. The third-order valence-electron chi connectivity index (χ3n) is 5.46. The van der Waals surface area contributed by atoms with Gasteiger partial charge in [-0.1, -0.05) is 13.0 Å². The number of carbonyl (C=O) groups excluding carboxylic acids is 1. The van der Waals surface area contributed by atoms with Gasteiger partial charge in [0.1, 0.15) is 11.2 Å². The molecule has 0 bridgehead atoms. The van der Waals surface area contributed by atoms with Gasteiger partial charge in [0.2, 0.25) is 5.91 Å². The third kappa shape index (κ3) is 4.95. The number of aliphatic hydroxyl groups is 1. The second kappa shape index (κ2) is 9.03. The molecule has 0 radical (unpaired) electrons. The number of nitrogens with one attached hydrogen (secondary N) is 1. The van der Waals surface area contributed by atoms with Crippen LogP contribution in [-0.2, 0) is 4.79 Å². The molecule has 2 N–H and O–H groups in total. The summed E-state index contributed by atoms with van der Waals surface area (Å²) >= 11 is 0. The Hall–Kier alpha value is -2.33. The first-order valence-electron chi connectivity index (χ1n) is 9.55. The number of anilines is 1. The number of nitrogens with zero attached hydrogens (tertiary/aromatic N) is 2. The van der Waals surface area contributed by atoms with Crippen molar-refractivity contribution in [3.63, 3.8) is 0 Å². The second-order valence-corrected chi connectivity index (χ2v) is 7.82. The maximum absolute atomic E-state index is 13.4. The summed E-state index contributed by atoms with van der Waals surface area (Å²) in [4.78, 5) is 20.6. The molecule has 1 aliphatic carbocycles. The van der Waals surface area contributed by atoms with E-state index in [1.54, 1.807) is 25.3 Å². The number of hydrogen-bond acceptors (Lipinski definition) is 4. The van der Waals surface area contributed by atoms with E-state index in [-0.39, 0.29) is 24.7 Å². The molecule has 1 saturated carbocycles. The van der Waals surface area contributed by atoms with Crippen LogP contribution in [0.15, 0.2) is 41.7 Å². The first-order valence-corrected chi connectivity index (χ1v) is 9.55. The van der Waals surface area contributed by atoms with Crippen molar-refractivity contribution < 1.29 is 37.5 Å². The van der Waals surface area contributed by atoms with Gasteiger partial charge >= 0.3 is 18.9 Å². The van der Waals surface area contributed by atoms with Crippen LogP contribution in [0.5, 0.6) is 0 Å².